The van der Waals surface area contributed by atoms with E-state index in [4.69, 9.17) is 5.73 Å². The smallest absolute Gasteiger partial charge is 0.142 e. The number of benzene rings is 2. The predicted molar refractivity (Wildman–Crippen MR) is 106 cm³/mol. The van der Waals surface area contributed by atoms with E-state index in [0.717, 1.165) is 38.8 Å². The highest BCUT2D eigenvalue weighted by Gasteiger charge is 2.18. The maximum Gasteiger partial charge on any atom is 0.142 e. The van der Waals surface area contributed by atoms with Crippen molar-refractivity contribution < 1.29 is 0 Å². The molecule has 0 atom stereocenters. The number of nitrogen functional groups attached to an aromatic ring is 1. The first-order chi connectivity index (χ1) is 12.0. The van der Waals surface area contributed by atoms with E-state index >= 15 is 0 Å². The Balaban J connectivity index is 2.25. The number of hydrogen-bond acceptors (Lipinski definition) is 3. The van der Waals surface area contributed by atoms with Gasteiger partial charge >= 0.3 is 0 Å². The number of pyridine rings is 1. The van der Waals surface area contributed by atoms with Crippen molar-refractivity contribution >= 4 is 21.7 Å². The fourth-order valence-electron chi connectivity index (χ4n) is 2.96. The Hall–Kier alpha value is -2.64. The van der Waals surface area contributed by atoms with Gasteiger partial charge in [0.25, 0.3) is 0 Å². The summed E-state index contributed by atoms with van der Waals surface area (Å²) in [4.78, 5) is 4.50. The lowest BCUT2D eigenvalue weighted by Gasteiger charge is -2.15. The lowest BCUT2D eigenvalue weighted by molar-refractivity contribution is 1.14. The van der Waals surface area contributed by atoms with Gasteiger partial charge in [0, 0.05) is 15.6 Å². The molecule has 3 rings (SSSR count). The molecule has 1 aromatic heterocycles. The molecule has 124 valence electrons. The number of anilines is 1. The van der Waals surface area contributed by atoms with E-state index in [1.807, 2.05) is 43.3 Å². The largest absolute Gasteiger partial charge is 0.383 e. The summed E-state index contributed by atoms with van der Waals surface area (Å²) in [7, 11) is 0. The normalized spacial score (nSPS) is 10.5. The monoisotopic (exact) mass is 391 g/mol. The Kier molecular flexibility index (Phi) is 4.87. The zero-order valence-electron chi connectivity index (χ0n) is 14.2. The highest BCUT2D eigenvalue weighted by atomic mass is 79.9. The molecule has 2 N–H and O–H groups in total. The first kappa shape index (κ1) is 17.2. The van der Waals surface area contributed by atoms with Gasteiger partial charge in [-0.15, -0.1) is 0 Å². The SMILES string of the molecule is CCc1ccc(-c2c(C)c(-c3ccc(Br)cc3)nc(N)c2C#N)cc1. The Labute approximate surface area is 156 Å². The van der Waals surface area contributed by atoms with E-state index in [1.165, 1.54) is 5.56 Å². The van der Waals surface area contributed by atoms with Crippen LogP contribution in [0.5, 0.6) is 0 Å². The van der Waals surface area contributed by atoms with Gasteiger partial charge in [-0.2, -0.15) is 5.26 Å². The maximum absolute atomic E-state index is 9.61. The third-order valence-corrected chi connectivity index (χ3v) is 4.88. The number of aryl methyl sites for hydroxylation is 1. The van der Waals surface area contributed by atoms with Crippen LogP contribution in [-0.4, -0.2) is 4.98 Å². The summed E-state index contributed by atoms with van der Waals surface area (Å²) in [6.45, 7) is 4.12. The summed E-state index contributed by atoms with van der Waals surface area (Å²) >= 11 is 3.45. The van der Waals surface area contributed by atoms with Gasteiger partial charge in [0.05, 0.1) is 5.69 Å². The predicted octanol–water partition coefficient (Wildman–Crippen LogP) is 5.50. The lowest BCUT2D eigenvalue weighted by atomic mass is 9.92. The zero-order chi connectivity index (χ0) is 18.0. The summed E-state index contributed by atoms with van der Waals surface area (Å²) < 4.78 is 1.01. The number of rotatable bonds is 3. The Morgan fingerprint density at radius 1 is 1.04 bits per heavy atom. The minimum absolute atomic E-state index is 0.264. The maximum atomic E-state index is 9.61. The number of nitrogens with zero attached hydrogens (tertiary/aromatic N) is 2. The number of halogens is 1. The molecule has 0 unspecified atom stereocenters. The van der Waals surface area contributed by atoms with Gasteiger partial charge in [-0.3, -0.25) is 0 Å². The van der Waals surface area contributed by atoms with Crippen LogP contribution in [0.2, 0.25) is 0 Å². The van der Waals surface area contributed by atoms with Gasteiger partial charge in [0.15, 0.2) is 0 Å². The van der Waals surface area contributed by atoms with Crippen molar-refractivity contribution in [3.63, 3.8) is 0 Å². The number of nitriles is 1. The Morgan fingerprint density at radius 3 is 2.20 bits per heavy atom. The van der Waals surface area contributed by atoms with Gasteiger partial charge in [-0.1, -0.05) is 59.3 Å². The first-order valence-electron chi connectivity index (χ1n) is 8.10. The van der Waals surface area contributed by atoms with Crippen molar-refractivity contribution in [1.82, 2.24) is 4.98 Å². The van der Waals surface area contributed by atoms with E-state index < -0.39 is 0 Å². The standard InChI is InChI=1S/C21H18BrN3/c1-3-14-4-6-15(7-5-14)19-13(2)20(25-21(24)18(19)12-23)16-8-10-17(22)11-9-16/h4-11H,3H2,1-2H3,(H2,24,25). The number of hydrogen-bond donors (Lipinski definition) is 1. The molecular weight excluding hydrogens is 374 g/mol. The molecule has 0 saturated heterocycles. The summed E-state index contributed by atoms with van der Waals surface area (Å²) in [6, 6.07) is 18.4. The molecule has 0 aliphatic carbocycles. The first-order valence-corrected chi connectivity index (χ1v) is 8.89. The van der Waals surface area contributed by atoms with Gasteiger partial charge in [0.1, 0.15) is 17.5 Å². The summed E-state index contributed by atoms with van der Waals surface area (Å²) in [6.07, 6.45) is 0.979. The number of nitrogens with two attached hydrogens (primary N) is 1. The molecule has 0 spiro atoms. The molecule has 0 aliphatic heterocycles. The average molecular weight is 392 g/mol. The van der Waals surface area contributed by atoms with E-state index in [1.54, 1.807) is 0 Å². The van der Waals surface area contributed by atoms with Gasteiger partial charge in [-0.25, -0.2) is 4.98 Å². The molecular formula is C21H18BrN3. The van der Waals surface area contributed by atoms with Crippen LogP contribution >= 0.6 is 15.9 Å². The second-order valence-electron chi connectivity index (χ2n) is 5.89. The summed E-state index contributed by atoms with van der Waals surface area (Å²) in [5, 5.41) is 9.61. The quantitative estimate of drug-likeness (QED) is 0.640. The molecule has 0 saturated carbocycles. The second kappa shape index (κ2) is 7.08. The lowest BCUT2D eigenvalue weighted by Crippen LogP contribution is -2.03. The number of aromatic nitrogens is 1. The molecule has 3 aromatic rings. The Morgan fingerprint density at radius 2 is 1.64 bits per heavy atom. The molecule has 2 aromatic carbocycles. The fourth-order valence-corrected chi connectivity index (χ4v) is 3.23. The van der Waals surface area contributed by atoms with Crippen molar-refractivity contribution in [2.24, 2.45) is 0 Å². The highest BCUT2D eigenvalue weighted by molar-refractivity contribution is 9.10. The van der Waals surface area contributed by atoms with Gasteiger partial charge in [0.2, 0.25) is 0 Å². The minimum Gasteiger partial charge on any atom is -0.383 e. The topological polar surface area (TPSA) is 62.7 Å². The summed E-state index contributed by atoms with van der Waals surface area (Å²) in [5.74, 6) is 0.264. The molecule has 0 bridgehead atoms. The molecule has 25 heavy (non-hydrogen) atoms. The van der Waals surface area contributed by atoms with Crippen LogP contribution in [0, 0.1) is 18.3 Å². The van der Waals surface area contributed by atoms with Crippen molar-refractivity contribution in [2.45, 2.75) is 20.3 Å². The molecule has 0 aliphatic rings. The van der Waals surface area contributed by atoms with E-state index in [9.17, 15) is 5.26 Å². The van der Waals surface area contributed by atoms with Gasteiger partial charge < -0.3 is 5.73 Å². The summed E-state index contributed by atoms with van der Waals surface area (Å²) in [5.41, 5.74) is 12.4. The second-order valence-corrected chi connectivity index (χ2v) is 6.81. The third kappa shape index (κ3) is 3.29. The molecule has 0 radical (unpaired) electrons. The van der Waals surface area contributed by atoms with Crippen LogP contribution in [0.25, 0.3) is 22.4 Å². The van der Waals surface area contributed by atoms with Crippen LogP contribution in [0.15, 0.2) is 53.0 Å². The van der Waals surface area contributed by atoms with Crippen molar-refractivity contribution in [1.29, 1.82) is 5.26 Å². The molecule has 0 amide bonds. The Bertz CT molecular complexity index is 952. The molecule has 1 heterocycles. The van der Waals surface area contributed by atoms with Crippen molar-refractivity contribution in [3.05, 3.63) is 69.7 Å². The van der Waals surface area contributed by atoms with Crippen LogP contribution in [0.3, 0.4) is 0 Å². The zero-order valence-corrected chi connectivity index (χ0v) is 15.8. The van der Waals surface area contributed by atoms with Gasteiger partial charge in [-0.05, 0) is 42.2 Å². The third-order valence-electron chi connectivity index (χ3n) is 4.35. The van der Waals surface area contributed by atoms with Crippen molar-refractivity contribution in [2.75, 3.05) is 5.73 Å². The van der Waals surface area contributed by atoms with E-state index in [0.29, 0.717) is 5.56 Å². The van der Waals surface area contributed by atoms with Crippen LogP contribution in [0.1, 0.15) is 23.6 Å². The van der Waals surface area contributed by atoms with E-state index in [-0.39, 0.29) is 5.82 Å². The average Bonchev–Trinajstić information content (AvgIpc) is 2.64. The van der Waals surface area contributed by atoms with Crippen LogP contribution in [-0.2, 0) is 6.42 Å². The molecule has 4 heteroatoms. The minimum atomic E-state index is 0.264. The molecule has 3 nitrogen and oxygen atoms in total. The van der Waals surface area contributed by atoms with Crippen molar-refractivity contribution in [3.8, 4) is 28.5 Å². The van der Waals surface area contributed by atoms with E-state index in [2.05, 4.69) is 46.0 Å². The fraction of sp³-hybridized carbons (Fsp3) is 0.143. The van der Waals surface area contributed by atoms with Crippen LogP contribution < -0.4 is 5.73 Å². The highest BCUT2D eigenvalue weighted by Crippen LogP contribution is 2.36. The van der Waals surface area contributed by atoms with Crippen LogP contribution in [0.4, 0.5) is 5.82 Å². The molecule has 0 fully saturated rings.